The molecular formula is C22H19FN4O2S. The van der Waals surface area contributed by atoms with Crippen LogP contribution in [0.25, 0.3) is 0 Å². The largest absolute Gasteiger partial charge is 0.508 e. The van der Waals surface area contributed by atoms with E-state index in [2.05, 4.69) is 15.4 Å². The van der Waals surface area contributed by atoms with Crippen LogP contribution in [0, 0.1) is 11.7 Å². The number of aromatic nitrogens is 3. The number of ketones is 1. The second kappa shape index (κ2) is 7.60. The zero-order chi connectivity index (χ0) is 20.7. The number of nitrogens with one attached hydrogen (secondary N) is 1. The van der Waals surface area contributed by atoms with Gasteiger partial charge in [0, 0.05) is 17.9 Å². The van der Waals surface area contributed by atoms with E-state index in [0.29, 0.717) is 35.3 Å². The standard InChI is InChI=1S/C22H19FN4O2S/c23-16-5-2-1-4-14(16)12-30-22-25-21-24-17-6-3-7-18(29)19(17)20(27(21)26-22)13-8-10-15(28)11-9-13/h1-2,4-6,8-11,19-20,28H,3,7,12H2,(H,24,25,26)/t19-,20-/m0/s1. The number of phenolic OH excluding ortho intramolecular Hbond substituents is 1. The molecule has 0 amide bonds. The third-order valence-corrected chi connectivity index (χ3v) is 6.32. The number of Topliss-reactive ketones (excluding diaryl/α,β-unsaturated/α-hetero) is 1. The van der Waals surface area contributed by atoms with Gasteiger partial charge in [-0.15, -0.1) is 5.10 Å². The fourth-order valence-electron chi connectivity index (χ4n) is 3.98. The van der Waals surface area contributed by atoms with Crippen LogP contribution in [-0.4, -0.2) is 25.7 Å². The molecule has 3 aromatic rings. The number of rotatable bonds is 4. The van der Waals surface area contributed by atoms with E-state index in [-0.39, 0.29) is 29.3 Å². The van der Waals surface area contributed by atoms with Crippen molar-refractivity contribution in [3.8, 4) is 5.75 Å². The van der Waals surface area contributed by atoms with E-state index in [1.807, 2.05) is 18.2 Å². The molecule has 0 saturated carbocycles. The van der Waals surface area contributed by atoms with Gasteiger partial charge in [0.15, 0.2) is 0 Å². The normalized spacial score (nSPS) is 20.2. The zero-order valence-electron chi connectivity index (χ0n) is 16.0. The summed E-state index contributed by atoms with van der Waals surface area (Å²) in [6.45, 7) is 0. The third-order valence-electron chi connectivity index (χ3n) is 5.43. The Morgan fingerprint density at radius 1 is 1.20 bits per heavy atom. The number of fused-ring (bicyclic) bond motifs is 2. The number of anilines is 1. The predicted octanol–water partition coefficient (Wildman–Crippen LogP) is 4.29. The Hall–Kier alpha value is -3.13. The molecule has 6 nitrogen and oxygen atoms in total. The van der Waals surface area contributed by atoms with Gasteiger partial charge in [-0.05, 0) is 35.7 Å². The van der Waals surface area contributed by atoms with Crippen molar-refractivity contribution >= 4 is 23.5 Å². The van der Waals surface area contributed by atoms with Crippen molar-refractivity contribution in [2.75, 3.05) is 5.32 Å². The molecule has 1 aliphatic heterocycles. The second-order valence-corrected chi connectivity index (χ2v) is 8.29. The Balaban J connectivity index is 1.51. The van der Waals surface area contributed by atoms with E-state index in [1.54, 1.807) is 35.0 Å². The number of allylic oxidation sites excluding steroid dienone is 2. The highest BCUT2D eigenvalue weighted by atomic mass is 32.2. The molecule has 0 spiro atoms. The number of carbonyl (C=O) groups is 1. The summed E-state index contributed by atoms with van der Waals surface area (Å²) in [5, 5.41) is 18.1. The van der Waals surface area contributed by atoms with Crippen molar-refractivity contribution in [2.45, 2.75) is 29.8 Å². The van der Waals surface area contributed by atoms with Gasteiger partial charge in [-0.2, -0.15) is 4.98 Å². The summed E-state index contributed by atoms with van der Waals surface area (Å²) in [5.74, 6) is 0.655. The molecule has 2 atom stereocenters. The molecule has 5 rings (SSSR count). The van der Waals surface area contributed by atoms with E-state index in [1.165, 1.54) is 17.8 Å². The molecule has 30 heavy (non-hydrogen) atoms. The van der Waals surface area contributed by atoms with Gasteiger partial charge < -0.3 is 10.4 Å². The number of aromatic hydroxyl groups is 1. The van der Waals surface area contributed by atoms with Crippen molar-refractivity contribution in [3.63, 3.8) is 0 Å². The van der Waals surface area contributed by atoms with Gasteiger partial charge in [0.1, 0.15) is 17.3 Å². The van der Waals surface area contributed by atoms with Gasteiger partial charge in [0.05, 0.1) is 12.0 Å². The summed E-state index contributed by atoms with van der Waals surface area (Å²) in [4.78, 5) is 17.4. The van der Waals surface area contributed by atoms with Crippen LogP contribution in [-0.2, 0) is 10.5 Å². The van der Waals surface area contributed by atoms with Gasteiger partial charge in [-0.25, -0.2) is 9.07 Å². The molecule has 8 heteroatoms. The number of nitrogens with zero attached hydrogens (tertiary/aromatic N) is 3. The fourth-order valence-corrected chi connectivity index (χ4v) is 4.79. The van der Waals surface area contributed by atoms with Crippen molar-refractivity contribution in [1.29, 1.82) is 0 Å². The summed E-state index contributed by atoms with van der Waals surface area (Å²) in [5.41, 5.74) is 2.30. The van der Waals surface area contributed by atoms with Crippen LogP contribution in [0.2, 0.25) is 0 Å². The molecule has 0 saturated heterocycles. The lowest BCUT2D eigenvalue weighted by Gasteiger charge is -2.36. The molecule has 1 aliphatic carbocycles. The lowest BCUT2D eigenvalue weighted by atomic mass is 9.81. The number of thioether (sulfide) groups is 1. The van der Waals surface area contributed by atoms with E-state index >= 15 is 0 Å². The van der Waals surface area contributed by atoms with Crippen molar-refractivity contribution < 1.29 is 14.3 Å². The minimum Gasteiger partial charge on any atom is -0.508 e. The first kappa shape index (κ1) is 18.9. The van der Waals surface area contributed by atoms with Crippen molar-refractivity contribution in [2.24, 2.45) is 5.92 Å². The highest BCUT2D eigenvalue weighted by Crippen LogP contribution is 2.42. The fraction of sp³-hybridized carbons (Fsp3) is 0.227. The van der Waals surface area contributed by atoms with Crippen molar-refractivity contribution in [1.82, 2.24) is 14.8 Å². The Labute approximate surface area is 176 Å². The lowest BCUT2D eigenvalue weighted by molar-refractivity contribution is -0.123. The number of carbonyl (C=O) groups excluding carboxylic acids is 1. The Kier molecular flexibility index (Phi) is 4.78. The highest BCUT2D eigenvalue weighted by molar-refractivity contribution is 7.98. The molecule has 152 valence electrons. The van der Waals surface area contributed by atoms with Gasteiger partial charge in [0.25, 0.3) is 0 Å². The molecule has 1 aromatic heterocycles. The number of halogens is 1. The number of phenols is 1. The SMILES string of the molecule is O=C1CCC=C2Nc3nc(SCc4ccccc4F)nn3[C@@H](c3ccc(O)cc3)[C@H]12. The van der Waals surface area contributed by atoms with E-state index in [0.717, 1.165) is 11.3 Å². The average molecular weight is 422 g/mol. The van der Waals surface area contributed by atoms with Crippen LogP contribution in [0.15, 0.2) is 65.5 Å². The lowest BCUT2D eigenvalue weighted by Crippen LogP contribution is -2.38. The smallest absolute Gasteiger partial charge is 0.227 e. The summed E-state index contributed by atoms with van der Waals surface area (Å²) in [6, 6.07) is 13.1. The summed E-state index contributed by atoms with van der Waals surface area (Å²) in [6.07, 6.45) is 3.23. The maximum absolute atomic E-state index is 13.9. The van der Waals surface area contributed by atoms with E-state index in [4.69, 9.17) is 0 Å². The number of hydrogen-bond donors (Lipinski definition) is 2. The predicted molar refractivity (Wildman–Crippen MR) is 112 cm³/mol. The molecule has 2 heterocycles. The molecule has 2 aromatic carbocycles. The van der Waals surface area contributed by atoms with Crippen LogP contribution >= 0.6 is 11.8 Å². The summed E-state index contributed by atoms with van der Waals surface area (Å²) >= 11 is 1.35. The molecule has 2 aliphatic rings. The van der Waals surface area contributed by atoms with Crippen LogP contribution in [0.4, 0.5) is 10.3 Å². The molecule has 0 fully saturated rings. The molecule has 0 unspecified atom stereocenters. The number of benzene rings is 2. The second-order valence-electron chi connectivity index (χ2n) is 7.35. The van der Waals surface area contributed by atoms with Crippen LogP contribution in [0.5, 0.6) is 5.75 Å². The van der Waals surface area contributed by atoms with Gasteiger partial charge in [-0.3, -0.25) is 4.79 Å². The van der Waals surface area contributed by atoms with Crippen LogP contribution in [0.3, 0.4) is 0 Å². The van der Waals surface area contributed by atoms with Crippen LogP contribution < -0.4 is 5.32 Å². The average Bonchev–Trinajstić information content (AvgIpc) is 3.15. The Bertz CT molecular complexity index is 1140. The Morgan fingerprint density at radius 3 is 2.80 bits per heavy atom. The van der Waals surface area contributed by atoms with E-state index in [9.17, 15) is 14.3 Å². The van der Waals surface area contributed by atoms with Gasteiger partial charge in [0.2, 0.25) is 11.1 Å². The third kappa shape index (κ3) is 3.37. The maximum Gasteiger partial charge on any atom is 0.227 e. The van der Waals surface area contributed by atoms with E-state index < -0.39 is 0 Å². The first-order valence-corrected chi connectivity index (χ1v) is 10.7. The Morgan fingerprint density at radius 2 is 2.00 bits per heavy atom. The summed E-state index contributed by atoms with van der Waals surface area (Å²) in [7, 11) is 0. The monoisotopic (exact) mass is 422 g/mol. The zero-order valence-corrected chi connectivity index (χ0v) is 16.8. The number of hydrogen-bond acceptors (Lipinski definition) is 6. The topological polar surface area (TPSA) is 80.0 Å². The molecule has 0 bridgehead atoms. The minimum absolute atomic E-state index is 0.153. The molecular weight excluding hydrogens is 403 g/mol. The first-order chi connectivity index (χ1) is 14.6. The van der Waals surface area contributed by atoms with Crippen molar-refractivity contribution in [3.05, 3.63) is 77.2 Å². The minimum atomic E-state index is -0.373. The van der Waals surface area contributed by atoms with Gasteiger partial charge >= 0.3 is 0 Å². The van der Waals surface area contributed by atoms with Crippen LogP contribution in [0.1, 0.15) is 30.0 Å². The molecule has 0 radical (unpaired) electrons. The maximum atomic E-state index is 13.9. The molecule has 2 N–H and O–H groups in total. The first-order valence-electron chi connectivity index (χ1n) is 9.71. The quantitative estimate of drug-likeness (QED) is 0.611. The highest BCUT2D eigenvalue weighted by Gasteiger charge is 2.41. The van der Waals surface area contributed by atoms with Gasteiger partial charge in [-0.1, -0.05) is 48.2 Å². The summed E-state index contributed by atoms with van der Waals surface area (Å²) < 4.78 is 15.7.